The molecule has 1 aliphatic rings. The maximum atomic E-state index is 14.1. The van der Waals surface area contributed by atoms with E-state index in [1.165, 1.54) is 6.07 Å². The SMILES string of the molecule is N#Cc1ccc([C@H]2C[C@@H]2c2cc(Cl)nn3c(F)cnc23)c(F)c1. The van der Waals surface area contributed by atoms with Crippen LogP contribution >= 0.6 is 11.6 Å². The fourth-order valence-corrected chi connectivity index (χ4v) is 3.18. The third-order valence-corrected chi connectivity index (χ3v) is 4.33. The maximum Gasteiger partial charge on any atom is 0.234 e. The zero-order valence-electron chi connectivity index (χ0n) is 11.7. The summed E-state index contributed by atoms with van der Waals surface area (Å²) in [6, 6.07) is 8.02. The molecule has 0 unspecified atom stereocenters. The van der Waals surface area contributed by atoms with Crippen molar-refractivity contribution in [2.24, 2.45) is 0 Å². The third-order valence-electron chi connectivity index (χ3n) is 4.14. The molecule has 0 bridgehead atoms. The molecular formula is C16H9ClF2N4. The number of aromatic nitrogens is 3. The van der Waals surface area contributed by atoms with E-state index in [9.17, 15) is 8.78 Å². The molecule has 0 saturated heterocycles. The standard InChI is InChI=1S/C16H9ClF2N4/c17-14-5-12(16-21-7-15(19)23(16)22-14)11-4-10(11)9-2-1-8(6-20)3-13(9)18/h1-3,5,7,10-11H,4H2/t10-,11+/m1/s1. The highest BCUT2D eigenvalue weighted by molar-refractivity contribution is 6.29. The first-order valence-corrected chi connectivity index (χ1v) is 7.35. The zero-order valence-corrected chi connectivity index (χ0v) is 12.4. The van der Waals surface area contributed by atoms with Gasteiger partial charge in [-0.3, -0.25) is 0 Å². The molecule has 0 aliphatic heterocycles. The van der Waals surface area contributed by atoms with E-state index in [1.54, 1.807) is 18.2 Å². The first-order chi connectivity index (χ1) is 11.1. The van der Waals surface area contributed by atoms with Gasteiger partial charge in [0.1, 0.15) is 5.82 Å². The second-order valence-electron chi connectivity index (χ2n) is 5.54. The Morgan fingerprint density at radius 3 is 2.74 bits per heavy atom. The molecular weight excluding hydrogens is 322 g/mol. The monoisotopic (exact) mass is 330 g/mol. The lowest BCUT2D eigenvalue weighted by Gasteiger charge is -2.05. The van der Waals surface area contributed by atoms with Crippen molar-refractivity contribution >= 4 is 17.2 Å². The number of halogens is 3. The first kappa shape index (κ1) is 14.1. The molecule has 0 radical (unpaired) electrons. The number of benzene rings is 1. The topological polar surface area (TPSA) is 54.0 Å². The molecule has 0 N–H and O–H groups in total. The summed E-state index contributed by atoms with van der Waals surface area (Å²) in [4.78, 5) is 4.03. The molecule has 2 aromatic heterocycles. The van der Waals surface area contributed by atoms with E-state index in [-0.39, 0.29) is 22.6 Å². The van der Waals surface area contributed by atoms with Crippen LogP contribution in [0.3, 0.4) is 0 Å². The Bertz CT molecular complexity index is 976. The van der Waals surface area contributed by atoms with E-state index in [1.807, 2.05) is 6.07 Å². The summed E-state index contributed by atoms with van der Waals surface area (Å²) in [6.07, 6.45) is 1.80. The van der Waals surface area contributed by atoms with Gasteiger partial charge in [-0.05, 0) is 42.0 Å². The smallest absolute Gasteiger partial charge is 0.232 e. The second kappa shape index (κ2) is 5.00. The lowest BCUT2D eigenvalue weighted by Crippen LogP contribution is -1.99. The van der Waals surface area contributed by atoms with Gasteiger partial charge in [0, 0.05) is 5.56 Å². The molecule has 4 nitrogen and oxygen atoms in total. The van der Waals surface area contributed by atoms with Crippen molar-refractivity contribution in [3.63, 3.8) is 0 Å². The summed E-state index contributed by atoms with van der Waals surface area (Å²) in [5.41, 5.74) is 1.98. The predicted octanol–water partition coefficient (Wildman–Crippen LogP) is 3.80. The van der Waals surface area contributed by atoms with Gasteiger partial charge in [0.2, 0.25) is 5.95 Å². The molecule has 2 atom stereocenters. The molecule has 114 valence electrons. The first-order valence-electron chi connectivity index (χ1n) is 6.97. The molecule has 0 spiro atoms. The Hall–Kier alpha value is -2.52. The van der Waals surface area contributed by atoms with Gasteiger partial charge < -0.3 is 0 Å². The quantitative estimate of drug-likeness (QED) is 0.718. The van der Waals surface area contributed by atoms with Gasteiger partial charge in [-0.25, -0.2) is 9.37 Å². The summed E-state index contributed by atoms with van der Waals surface area (Å²) in [6.45, 7) is 0. The van der Waals surface area contributed by atoms with Crippen molar-refractivity contribution in [1.82, 2.24) is 14.6 Å². The number of nitriles is 1. The summed E-state index contributed by atoms with van der Waals surface area (Å²) in [5, 5.41) is 12.8. The van der Waals surface area contributed by atoms with Gasteiger partial charge in [0.15, 0.2) is 10.8 Å². The van der Waals surface area contributed by atoms with Gasteiger partial charge in [0.25, 0.3) is 0 Å². The van der Waals surface area contributed by atoms with Gasteiger partial charge in [-0.1, -0.05) is 17.7 Å². The van der Waals surface area contributed by atoms with Crippen LogP contribution in [-0.2, 0) is 0 Å². The van der Waals surface area contributed by atoms with Crippen LogP contribution in [0.2, 0.25) is 5.15 Å². The van der Waals surface area contributed by atoms with Crippen molar-refractivity contribution in [2.75, 3.05) is 0 Å². The van der Waals surface area contributed by atoms with E-state index < -0.39 is 11.8 Å². The van der Waals surface area contributed by atoms with Crippen molar-refractivity contribution in [3.8, 4) is 6.07 Å². The van der Waals surface area contributed by atoms with E-state index in [0.717, 1.165) is 16.3 Å². The van der Waals surface area contributed by atoms with Gasteiger partial charge in [-0.15, -0.1) is 0 Å². The number of hydrogen-bond acceptors (Lipinski definition) is 3. The number of hydrogen-bond donors (Lipinski definition) is 0. The van der Waals surface area contributed by atoms with Crippen LogP contribution in [0.25, 0.3) is 5.65 Å². The van der Waals surface area contributed by atoms with Crippen LogP contribution in [0.4, 0.5) is 8.78 Å². The summed E-state index contributed by atoms with van der Waals surface area (Å²) < 4.78 is 28.8. The normalized spacial score (nSPS) is 19.7. The predicted molar refractivity (Wildman–Crippen MR) is 79.2 cm³/mol. The number of rotatable bonds is 2. The molecule has 3 aromatic rings. The highest BCUT2D eigenvalue weighted by Crippen LogP contribution is 2.56. The zero-order chi connectivity index (χ0) is 16.1. The van der Waals surface area contributed by atoms with Crippen LogP contribution in [0.1, 0.15) is 34.9 Å². The number of nitrogens with zero attached hydrogens (tertiary/aromatic N) is 4. The molecule has 23 heavy (non-hydrogen) atoms. The van der Waals surface area contributed by atoms with Gasteiger partial charge in [0.05, 0.1) is 17.8 Å². The van der Waals surface area contributed by atoms with E-state index in [4.69, 9.17) is 16.9 Å². The average molecular weight is 331 g/mol. The molecule has 1 aromatic carbocycles. The van der Waals surface area contributed by atoms with Crippen molar-refractivity contribution in [2.45, 2.75) is 18.3 Å². The Morgan fingerprint density at radius 2 is 2.00 bits per heavy atom. The minimum Gasteiger partial charge on any atom is -0.232 e. The van der Waals surface area contributed by atoms with Crippen LogP contribution in [0.5, 0.6) is 0 Å². The maximum absolute atomic E-state index is 14.1. The second-order valence-corrected chi connectivity index (χ2v) is 5.92. The number of imidazole rings is 1. The molecule has 2 heterocycles. The molecule has 1 saturated carbocycles. The summed E-state index contributed by atoms with van der Waals surface area (Å²) >= 11 is 5.95. The molecule has 1 fully saturated rings. The van der Waals surface area contributed by atoms with Crippen LogP contribution in [0.15, 0.2) is 30.5 Å². The lowest BCUT2D eigenvalue weighted by molar-refractivity contribution is 0.548. The summed E-state index contributed by atoms with van der Waals surface area (Å²) in [5.74, 6) is -1.03. The average Bonchev–Trinajstić information content (AvgIpc) is 3.24. The van der Waals surface area contributed by atoms with Crippen LogP contribution in [0, 0.1) is 23.1 Å². The minimum atomic E-state index is -0.592. The van der Waals surface area contributed by atoms with Crippen molar-refractivity contribution in [1.29, 1.82) is 5.26 Å². The van der Waals surface area contributed by atoms with Crippen LogP contribution in [-0.4, -0.2) is 14.6 Å². The Labute approximate surface area is 134 Å². The van der Waals surface area contributed by atoms with Crippen molar-refractivity contribution in [3.05, 3.63) is 64.1 Å². The van der Waals surface area contributed by atoms with Crippen molar-refractivity contribution < 1.29 is 8.78 Å². The van der Waals surface area contributed by atoms with E-state index in [2.05, 4.69) is 10.1 Å². The van der Waals surface area contributed by atoms with Gasteiger partial charge in [-0.2, -0.15) is 19.3 Å². The largest absolute Gasteiger partial charge is 0.234 e. The van der Waals surface area contributed by atoms with Gasteiger partial charge >= 0.3 is 0 Å². The highest BCUT2D eigenvalue weighted by Gasteiger charge is 2.42. The molecule has 4 rings (SSSR count). The lowest BCUT2D eigenvalue weighted by atomic mass is 10.0. The Kier molecular flexibility index (Phi) is 3.06. The van der Waals surface area contributed by atoms with E-state index in [0.29, 0.717) is 17.6 Å². The van der Waals surface area contributed by atoms with Crippen LogP contribution < -0.4 is 0 Å². The highest BCUT2D eigenvalue weighted by atomic mass is 35.5. The minimum absolute atomic E-state index is 0.00207. The molecule has 7 heteroatoms. The van der Waals surface area contributed by atoms with E-state index >= 15 is 0 Å². The fraction of sp³-hybridized carbons (Fsp3) is 0.188. The third kappa shape index (κ3) is 2.25. The number of fused-ring (bicyclic) bond motifs is 1. The summed E-state index contributed by atoms with van der Waals surface area (Å²) in [7, 11) is 0. The Morgan fingerprint density at radius 1 is 1.22 bits per heavy atom. The fourth-order valence-electron chi connectivity index (χ4n) is 2.99. The Balaban J connectivity index is 1.74. The molecule has 0 amide bonds. The molecule has 1 aliphatic carbocycles.